The van der Waals surface area contributed by atoms with Crippen LogP contribution in [0.5, 0.6) is 0 Å². The minimum atomic E-state index is 0.380. The van der Waals surface area contributed by atoms with Gasteiger partial charge in [-0.15, -0.1) is 0 Å². The first-order valence-corrected chi connectivity index (χ1v) is 8.70. The van der Waals surface area contributed by atoms with Crippen LogP contribution in [0.1, 0.15) is 47.5 Å². The third kappa shape index (κ3) is 7.01. The fourth-order valence-electron chi connectivity index (χ4n) is 2.22. The molecule has 1 N–H and O–H groups in total. The molecule has 110 valence electrons. The summed E-state index contributed by atoms with van der Waals surface area (Å²) in [6, 6.07) is 1.29. The topological polar surface area (TPSA) is 15.3 Å². The first kappa shape index (κ1) is 18.3. The van der Waals surface area contributed by atoms with Gasteiger partial charge in [0.25, 0.3) is 0 Å². The molecule has 2 nitrogen and oxygen atoms in total. The van der Waals surface area contributed by atoms with Crippen LogP contribution in [0, 0.1) is 5.41 Å². The van der Waals surface area contributed by atoms with Crippen molar-refractivity contribution in [3.63, 3.8) is 0 Å². The van der Waals surface area contributed by atoms with Gasteiger partial charge >= 0.3 is 0 Å². The average Bonchev–Trinajstić information content (AvgIpc) is 2.33. The number of hydrogen-bond donors (Lipinski definition) is 1. The van der Waals surface area contributed by atoms with Crippen LogP contribution in [-0.2, 0) is 0 Å². The van der Waals surface area contributed by atoms with Crippen molar-refractivity contribution in [1.82, 2.24) is 10.2 Å². The van der Waals surface area contributed by atoms with Gasteiger partial charge in [0.05, 0.1) is 0 Å². The zero-order valence-electron chi connectivity index (χ0n) is 13.5. The van der Waals surface area contributed by atoms with Crippen molar-refractivity contribution >= 4 is 11.8 Å². The monoisotopic (exact) mass is 274 g/mol. The van der Waals surface area contributed by atoms with E-state index in [1.165, 1.54) is 25.1 Å². The van der Waals surface area contributed by atoms with E-state index in [0.717, 1.165) is 6.54 Å². The maximum absolute atomic E-state index is 3.60. The lowest BCUT2D eigenvalue weighted by molar-refractivity contribution is 0.145. The summed E-state index contributed by atoms with van der Waals surface area (Å²) < 4.78 is 0. The van der Waals surface area contributed by atoms with E-state index < -0.39 is 0 Å². The minimum Gasteiger partial charge on any atom is -0.314 e. The Balaban J connectivity index is 4.39. The molecule has 0 fully saturated rings. The number of rotatable bonds is 10. The fourth-order valence-corrected chi connectivity index (χ4v) is 3.10. The fraction of sp³-hybridized carbons (Fsp3) is 1.00. The van der Waals surface area contributed by atoms with Crippen LogP contribution in [0.3, 0.4) is 0 Å². The summed E-state index contributed by atoms with van der Waals surface area (Å²) in [7, 11) is 2.29. The predicted octanol–water partition coefficient (Wildman–Crippen LogP) is 3.47. The Bertz CT molecular complexity index is 209. The lowest BCUT2D eigenvalue weighted by atomic mass is 9.86. The third-order valence-electron chi connectivity index (χ3n) is 3.88. The molecule has 0 radical (unpaired) electrons. The third-order valence-corrected chi connectivity index (χ3v) is 4.59. The quantitative estimate of drug-likeness (QED) is 0.656. The second-order valence-corrected chi connectivity index (χ2v) is 7.04. The zero-order chi connectivity index (χ0) is 14.2. The molecule has 0 aromatic heterocycles. The molecule has 0 rings (SSSR count). The predicted molar refractivity (Wildman–Crippen MR) is 86.6 cm³/mol. The molecule has 0 aliphatic carbocycles. The van der Waals surface area contributed by atoms with Crippen LogP contribution >= 0.6 is 11.8 Å². The normalized spacial score (nSPS) is 17.2. The number of nitrogens with one attached hydrogen (secondary N) is 1. The lowest BCUT2D eigenvalue weighted by Crippen LogP contribution is -2.46. The van der Waals surface area contributed by atoms with E-state index in [1.54, 1.807) is 0 Å². The summed E-state index contributed by atoms with van der Waals surface area (Å²) in [4.78, 5) is 2.56. The first-order chi connectivity index (χ1) is 8.38. The Hall–Kier alpha value is 0.270. The number of thioether (sulfide) groups is 1. The molecule has 2 unspecified atom stereocenters. The van der Waals surface area contributed by atoms with Crippen molar-refractivity contribution in [3.8, 4) is 0 Å². The standard InChI is InChI=1S/C15H34N2S/c1-8-14(10-18-7)17(6)12-15(5,9-2)11-16-13(3)4/h13-14,16H,8-12H2,1-7H3. The van der Waals surface area contributed by atoms with E-state index >= 15 is 0 Å². The summed E-state index contributed by atoms with van der Waals surface area (Å²) in [6.45, 7) is 13.8. The number of hydrogen-bond acceptors (Lipinski definition) is 3. The van der Waals surface area contributed by atoms with Gasteiger partial charge in [0.15, 0.2) is 0 Å². The van der Waals surface area contributed by atoms with Gasteiger partial charge in [-0.2, -0.15) is 11.8 Å². The molecule has 0 heterocycles. The van der Waals surface area contributed by atoms with Gasteiger partial charge in [-0.3, -0.25) is 0 Å². The van der Waals surface area contributed by atoms with E-state index in [-0.39, 0.29) is 0 Å². The molecule has 18 heavy (non-hydrogen) atoms. The second-order valence-electron chi connectivity index (χ2n) is 6.13. The molecule has 0 saturated heterocycles. The summed E-state index contributed by atoms with van der Waals surface area (Å²) in [5.74, 6) is 1.24. The Morgan fingerprint density at radius 1 is 1.28 bits per heavy atom. The number of nitrogens with zero attached hydrogens (tertiary/aromatic N) is 1. The van der Waals surface area contributed by atoms with Gasteiger partial charge in [-0.1, -0.05) is 34.6 Å². The van der Waals surface area contributed by atoms with Crippen molar-refractivity contribution in [1.29, 1.82) is 0 Å². The van der Waals surface area contributed by atoms with Crippen LogP contribution in [0.15, 0.2) is 0 Å². The molecule has 0 spiro atoms. The Morgan fingerprint density at radius 2 is 1.89 bits per heavy atom. The molecule has 0 aliphatic rings. The summed E-state index contributed by atoms with van der Waals surface area (Å²) in [6.07, 6.45) is 4.68. The average molecular weight is 275 g/mol. The van der Waals surface area contributed by atoms with E-state index in [9.17, 15) is 0 Å². The lowest BCUT2D eigenvalue weighted by Gasteiger charge is -2.37. The molecule has 3 heteroatoms. The minimum absolute atomic E-state index is 0.380. The van der Waals surface area contributed by atoms with Crippen LogP contribution in [0.2, 0.25) is 0 Å². The van der Waals surface area contributed by atoms with Gasteiger partial charge < -0.3 is 10.2 Å². The second kappa shape index (κ2) is 9.22. The summed E-state index contributed by atoms with van der Waals surface area (Å²) >= 11 is 1.96. The summed E-state index contributed by atoms with van der Waals surface area (Å²) in [5, 5.41) is 3.60. The van der Waals surface area contributed by atoms with E-state index in [4.69, 9.17) is 0 Å². The largest absolute Gasteiger partial charge is 0.314 e. The molecule has 2 atom stereocenters. The summed E-state index contributed by atoms with van der Waals surface area (Å²) in [5.41, 5.74) is 0.380. The molecule has 0 aromatic rings. The van der Waals surface area contributed by atoms with Crippen LogP contribution in [0.25, 0.3) is 0 Å². The molecule has 0 aromatic carbocycles. The molecular formula is C15H34N2S. The molecule has 0 saturated carbocycles. The van der Waals surface area contributed by atoms with Gasteiger partial charge in [-0.25, -0.2) is 0 Å². The highest BCUT2D eigenvalue weighted by Crippen LogP contribution is 2.23. The highest BCUT2D eigenvalue weighted by atomic mass is 32.2. The maximum atomic E-state index is 3.60. The highest BCUT2D eigenvalue weighted by molar-refractivity contribution is 7.98. The van der Waals surface area contributed by atoms with E-state index in [0.29, 0.717) is 17.5 Å². The van der Waals surface area contributed by atoms with Crippen LogP contribution < -0.4 is 5.32 Å². The van der Waals surface area contributed by atoms with Gasteiger partial charge in [-0.05, 0) is 31.6 Å². The first-order valence-electron chi connectivity index (χ1n) is 7.31. The van der Waals surface area contributed by atoms with Gasteiger partial charge in [0, 0.05) is 30.9 Å². The Labute approximate surface area is 119 Å². The Kier molecular flexibility index (Phi) is 9.36. The molecule has 0 aliphatic heterocycles. The zero-order valence-corrected chi connectivity index (χ0v) is 14.4. The van der Waals surface area contributed by atoms with Crippen LogP contribution in [0.4, 0.5) is 0 Å². The van der Waals surface area contributed by atoms with E-state index in [2.05, 4.69) is 58.1 Å². The molecular weight excluding hydrogens is 240 g/mol. The van der Waals surface area contributed by atoms with Crippen LogP contribution in [-0.4, -0.2) is 49.1 Å². The van der Waals surface area contributed by atoms with Crippen molar-refractivity contribution in [2.45, 2.75) is 59.5 Å². The van der Waals surface area contributed by atoms with E-state index in [1.807, 2.05) is 11.8 Å². The Morgan fingerprint density at radius 3 is 2.28 bits per heavy atom. The van der Waals surface area contributed by atoms with Gasteiger partial charge in [0.1, 0.15) is 0 Å². The SMILES string of the molecule is CCC(CSC)N(C)CC(C)(CC)CNC(C)C. The van der Waals surface area contributed by atoms with Crippen molar-refractivity contribution in [2.24, 2.45) is 5.41 Å². The molecule has 0 bridgehead atoms. The smallest absolute Gasteiger partial charge is 0.0180 e. The highest BCUT2D eigenvalue weighted by Gasteiger charge is 2.26. The van der Waals surface area contributed by atoms with Crippen molar-refractivity contribution in [2.75, 3.05) is 32.1 Å². The molecule has 0 amide bonds. The maximum Gasteiger partial charge on any atom is 0.0180 e. The van der Waals surface area contributed by atoms with Crippen molar-refractivity contribution in [3.05, 3.63) is 0 Å². The van der Waals surface area contributed by atoms with Crippen molar-refractivity contribution < 1.29 is 0 Å². The van der Waals surface area contributed by atoms with Gasteiger partial charge in [0.2, 0.25) is 0 Å².